The highest BCUT2D eigenvalue weighted by Crippen LogP contribution is 2.22. The Bertz CT molecular complexity index is 1140. The van der Waals surface area contributed by atoms with E-state index in [1.54, 1.807) is 55.7 Å². The first-order chi connectivity index (χ1) is 13.8. The van der Waals surface area contributed by atoms with Crippen molar-refractivity contribution < 1.29 is 13.2 Å². The number of nitrogens with zero attached hydrogens (tertiary/aromatic N) is 1. The number of carbonyl (C=O) groups is 1. The van der Waals surface area contributed by atoms with E-state index in [2.05, 4.69) is 15.0 Å². The molecule has 150 valence electrons. The average Bonchev–Trinajstić information content (AvgIpc) is 2.69. The lowest BCUT2D eigenvalue weighted by Gasteiger charge is -2.13. The fraction of sp³-hybridized carbons (Fsp3) is 0.182. The molecule has 29 heavy (non-hydrogen) atoms. The summed E-state index contributed by atoms with van der Waals surface area (Å²) < 4.78 is 28.4. The summed E-state index contributed by atoms with van der Waals surface area (Å²) in [4.78, 5) is 16.5. The summed E-state index contributed by atoms with van der Waals surface area (Å²) in [6.07, 6.45) is 3.30. The van der Waals surface area contributed by atoms with Gasteiger partial charge in [-0.25, -0.2) is 8.42 Å². The summed E-state index contributed by atoms with van der Waals surface area (Å²) >= 11 is 0. The van der Waals surface area contributed by atoms with E-state index in [0.29, 0.717) is 17.8 Å². The molecular formula is C22H23N3O3S. The van der Waals surface area contributed by atoms with Gasteiger partial charge < -0.3 is 5.32 Å². The van der Waals surface area contributed by atoms with Crippen LogP contribution in [0.1, 0.15) is 32.6 Å². The molecule has 0 fully saturated rings. The van der Waals surface area contributed by atoms with E-state index in [0.717, 1.165) is 16.7 Å². The van der Waals surface area contributed by atoms with Crippen molar-refractivity contribution in [2.75, 3.05) is 4.72 Å². The van der Waals surface area contributed by atoms with Crippen LogP contribution in [0, 0.1) is 20.8 Å². The number of amides is 1. The van der Waals surface area contributed by atoms with Crippen LogP contribution in [0.25, 0.3) is 0 Å². The fourth-order valence-corrected chi connectivity index (χ4v) is 4.15. The van der Waals surface area contributed by atoms with E-state index in [1.807, 2.05) is 19.9 Å². The molecule has 0 aliphatic rings. The zero-order valence-electron chi connectivity index (χ0n) is 16.6. The molecule has 0 radical (unpaired) electrons. The van der Waals surface area contributed by atoms with Gasteiger partial charge in [0.1, 0.15) is 0 Å². The van der Waals surface area contributed by atoms with Gasteiger partial charge in [-0.2, -0.15) is 0 Å². The largest absolute Gasteiger partial charge is 0.348 e. The molecule has 0 saturated heterocycles. The highest BCUT2D eigenvalue weighted by atomic mass is 32.2. The number of hydrogen-bond acceptors (Lipinski definition) is 4. The quantitative estimate of drug-likeness (QED) is 0.649. The summed E-state index contributed by atoms with van der Waals surface area (Å²) in [5.74, 6) is -0.343. The number of hydrogen-bond donors (Lipinski definition) is 2. The molecule has 3 aromatic rings. The maximum Gasteiger partial charge on any atom is 0.262 e. The van der Waals surface area contributed by atoms with E-state index in [9.17, 15) is 13.2 Å². The molecule has 0 unspecified atom stereocenters. The number of aromatic nitrogens is 1. The van der Waals surface area contributed by atoms with Crippen molar-refractivity contribution in [3.8, 4) is 0 Å². The first-order valence-corrected chi connectivity index (χ1v) is 10.6. The fourth-order valence-electron chi connectivity index (χ4n) is 2.83. The number of carbonyl (C=O) groups excluding carboxylic acids is 1. The van der Waals surface area contributed by atoms with Crippen LogP contribution in [-0.4, -0.2) is 19.3 Å². The first kappa shape index (κ1) is 20.5. The topological polar surface area (TPSA) is 88.2 Å². The highest BCUT2D eigenvalue weighted by molar-refractivity contribution is 7.92. The van der Waals surface area contributed by atoms with Crippen LogP contribution in [0.15, 0.2) is 65.8 Å². The van der Waals surface area contributed by atoms with Gasteiger partial charge in [-0.05, 0) is 79.4 Å². The Balaban J connectivity index is 1.81. The maximum atomic E-state index is 12.9. The molecule has 0 aliphatic heterocycles. The molecule has 6 nitrogen and oxygen atoms in total. The van der Waals surface area contributed by atoms with Gasteiger partial charge in [-0.15, -0.1) is 0 Å². The summed E-state index contributed by atoms with van der Waals surface area (Å²) in [5, 5.41) is 2.79. The van der Waals surface area contributed by atoms with Gasteiger partial charge in [-0.3, -0.25) is 14.5 Å². The molecule has 3 rings (SSSR count). The third-order valence-electron chi connectivity index (χ3n) is 4.70. The Kier molecular flexibility index (Phi) is 5.98. The molecule has 0 spiro atoms. The number of benzene rings is 2. The van der Waals surface area contributed by atoms with Crippen molar-refractivity contribution in [3.05, 3.63) is 88.7 Å². The monoisotopic (exact) mass is 409 g/mol. The molecule has 0 atom stereocenters. The molecule has 0 saturated carbocycles. The summed E-state index contributed by atoms with van der Waals surface area (Å²) in [7, 11) is -3.83. The van der Waals surface area contributed by atoms with Crippen LogP contribution in [0.3, 0.4) is 0 Å². The lowest BCUT2D eigenvalue weighted by Crippen LogP contribution is -2.23. The van der Waals surface area contributed by atoms with Crippen LogP contribution in [0.2, 0.25) is 0 Å². The maximum absolute atomic E-state index is 12.9. The SMILES string of the molecule is Cc1ccc(NS(=O)(=O)c2cc(C(=O)NCc3ccncc3)ccc2C)cc1C. The van der Waals surface area contributed by atoms with Crippen molar-refractivity contribution >= 4 is 21.6 Å². The molecule has 1 amide bonds. The zero-order valence-corrected chi connectivity index (χ0v) is 17.4. The lowest BCUT2D eigenvalue weighted by molar-refractivity contribution is 0.0950. The van der Waals surface area contributed by atoms with Crippen LogP contribution >= 0.6 is 0 Å². The molecular weight excluding hydrogens is 386 g/mol. The predicted octanol–water partition coefficient (Wildman–Crippen LogP) is 3.74. The van der Waals surface area contributed by atoms with Crippen molar-refractivity contribution in [2.24, 2.45) is 0 Å². The molecule has 2 aromatic carbocycles. The summed E-state index contributed by atoms with van der Waals surface area (Å²) in [5.41, 5.74) is 4.31. The number of nitrogens with one attached hydrogen (secondary N) is 2. The third-order valence-corrected chi connectivity index (χ3v) is 6.22. The minimum atomic E-state index is -3.83. The van der Waals surface area contributed by atoms with Crippen LogP contribution in [0.4, 0.5) is 5.69 Å². The Labute approximate surface area is 171 Å². The van der Waals surface area contributed by atoms with E-state index >= 15 is 0 Å². The number of aryl methyl sites for hydroxylation is 3. The minimum absolute atomic E-state index is 0.0762. The molecule has 7 heteroatoms. The van der Waals surface area contributed by atoms with Gasteiger partial charge in [0.15, 0.2) is 0 Å². The second-order valence-corrected chi connectivity index (χ2v) is 8.57. The Morgan fingerprint density at radius 2 is 1.59 bits per heavy atom. The van der Waals surface area contributed by atoms with Crippen molar-refractivity contribution in [2.45, 2.75) is 32.2 Å². The standard InChI is InChI=1S/C22H23N3O3S/c1-15-5-7-20(12-17(15)3)25-29(27,28)21-13-19(6-4-16(21)2)22(26)24-14-18-8-10-23-11-9-18/h4-13,25H,14H2,1-3H3,(H,24,26). The Morgan fingerprint density at radius 1 is 0.897 bits per heavy atom. The summed E-state index contributed by atoms with van der Waals surface area (Å²) in [6, 6.07) is 13.6. The van der Waals surface area contributed by atoms with Crippen LogP contribution in [-0.2, 0) is 16.6 Å². The smallest absolute Gasteiger partial charge is 0.262 e. The van der Waals surface area contributed by atoms with Gasteiger partial charge in [0.05, 0.1) is 4.90 Å². The van der Waals surface area contributed by atoms with Crippen molar-refractivity contribution in [3.63, 3.8) is 0 Å². The molecule has 2 N–H and O–H groups in total. The first-order valence-electron chi connectivity index (χ1n) is 9.14. The number of rotatable bonds is 6. The van der Waals surface area contributed by atoms with Gasteiger partial charge in [0.2, 0.25) is 0 Å². The Hall–Kier alpha value is -3.19. The number of anilines is 1. The van der Waals surface area contributed by atoms with Crippen LogP contribution < -0.4 is 10.0 Å². The normalized spacial score (nSPS) is 11.1. The molecule has 0 bridgehead atoms. The van der Waals surface area contributed by atoms with Gasteiger partial charge in [-0.1, -0.05) is 12.1 Å². The van der Waals surface area contributed by atoms with Crippen molar-refractivity contribution in [1.82, 2.24) is 10.3 Å². The van der Waals surface area contributed by atoms with Crippen LogP contribution in [0.5, 0.6) is 0 Å². The van der Waals surface area contributed by atoms with Gasteiger partial charge >= 0.3 is 0 Å². The third kappa shape index (κ3) is 5.00. The second kappa shape index (κ2) is 8.45. The molecule has 0 aliphatic carbocycles. The second-order valence-electron chi connectivity index (χ2n) is 6.92. The van der Waals surface area contributed by atoms with Crippen molar-refractivity contribution in [1.29, 1.82) is 0 Å². The highest BCUT2D eigenvalue weighted by Gasteiger charge is 2.19. The summed E-state index contributed by atoms with van der Waals surface area (Å²) in [6.45, 7) is 5.92. The minimum Gasteiger partial charge on any atom is -0.348 e. The number of sulfonamides is 1. The van der Waals surface area contributed by atoms with E-state index in [4.69, 9.17) is 0 Å². The predicted molar refractivity (Wildman–Crippen MR) is 113 cm³/mol. The Morgan fingerprint density at radius 3 is 2.28 bits per heavy atom. The number of pyridine rings is 1. The zero-order chi connectivity index (χ0) is 21.0. The molecule has 1 heterocycles. The molecule has 1 aromatic heterocycles. The van der Waals surface area contributed by atoms with Gasteiger partial charge in [0.25, 0.3) is 15.9 Å². The lowest BCUT2D eigenvalue weighted by atomic mass is 10.1. The van der Waals surface area contributed by atoms with Gasteiger partial charge in [0, 0.05) is 30.2 Å². The average molecular weight is 410 g/mol. The van der Waals surface area contributed by atoms with E-state index < -0.39 is 10.0 Å². The van der Waals surface area contributed by atoms with E-state index in [-0.39, 0.29) is 16.4 Å². The van der Waals surface area contributed by atoms with E-state index in [1.165, 1.54) is 6.07 Å².